The van der Waals surface area contributed by atoms with E-state index in [4.69, 9.17) is 0 Å². The van der Waals surface area contributed by atoms with E-state index in [2.05, 4.69) is 13.8 Å². The van der Waals surface area contributed by atoms with Crippen LogP contribution in [0.1, 0.15) is 201 Å². The normalized spacial score (nSPS) is 12.3. The van der Waals surface area contributed by atoms with Gasteiger partial charge in [0.1, 0.15) is 5.44 Å². The van der Waals surface area contributed by atoms with Gasteiger partial charge in [0, 0.05) is 12.8 Å². The van der Waals surface area contributed by atoms with Gasteiger partial charge in [-0.3, -0.25) is 9.59 Å². The number of carbonyl (C=O) groups excluding carboxylic acids is 2. The Bertz CT molecular complexity index is 499. The molecular weight excluding hydrogens is 519 g/mol. The van der Waals surface area contributed by atoms with Crippen LogP contribution in [0.25, 0.3) is 0 Å². The standard InChI is InChI=1S/C34H67O3PS/c1-4-6-8-10-12-14-16-18-20-22-24-26-28-30-33(36)38(39-32(3)35)34(37)31-29-27-25-23-21-19-17-15-13-11-9-7-5-2/h32,35H,4-31H2,1-3H3. The van der Waals surface area contributed by atoms with Crippen LogP contribution in [0.5, 0.6) is 0 Å². The Morgan fingerprint density at radius 2 is 0.718 bits per heavy atom. The van der Waals surface area contributed by atoms with Crippen LogP contribution in [0.3, 0.4) is 0 Å². The second-order valence-corrected chi connectivity index (χ2v) is 16.0. The zero-order chi connectivity index (χ0) is 28.8. The first-order valence-corrected chi connectivity index (χ1v) is 20.1. The van der Waals surface area contributed by atoms with Crippen molar-refractivity contribution in [3.63, 3.8) is 0 Å². The Labute approximate surface area is 249 Å². The molecular formula is C34H67O3PS. The molecule has 0 aromatic rings. The maximum Gasteiger partial charge on any atom is 0.172 e. The third-order valence-corrected chi connectivity index (χ3v) is 12.3. The van der Waals surface area contributed by atoms with E-state index in [9.17, 15) is 14.7 Å². The number of carbonyl (C=O) groups is 2. The van der Waals surface area contributed by atoms with E-state index in [0.717, 1.165) is 25.7 Å². The molecule has 232 valence electrons. The fraction of sp³-hybridized carbons (Fsp3) is 0.941. The largest absolute Gasteiger partial charge is 0.382 e. The van der Waals surface area contributed by atoms with Crippen LogP contribution in [0.2, 0.25) is 0 Å². The molecule has 1 N–H and O–H groups in total. The van der Waals surface area contributed by atoms with Crippen molar-refractivity contribution in [1.29, 1.82) is 0 Å². The molecule has 0 amide bonds. The van der Waals surface area contributed by atoms with E-state index in [-0.39, 0.29) is 11.0 Å². The molecule has 0 aliphatic heterocycles. The van der Waals surface area contributed by atoms with Crippen molar-refractivity contribution in [2.75, 3.05) is 0 Å². The van der Waals surface area contributed by atoms with Gasteiger partial charge in [0.25, 0.3) is 0 Å². The summed E-state index contributed by atoms with van der Waals surface area (Å²) in [5.41, 5.74) is -0.459. The van der Waals surface area contributed by atoms with E-state index in [1.807, 2.05) is 0 Å². The number of rotatable bonds is 32. The maximum atomic E-state index is 12.8. The summed E-state index contributed by atoms with van der Waals surface area (Å²) >= 11 is 1.21. The summed E-state index contributed by atoms with van der Waals surface area (Å²) in [6, 6.07) is 0. The lowest BCUT2D eigenvalue weighted by molar-refractivity contribution is -0.114. The molecule has 0 fully saturated rings. The zero-order valence-corrected chi connectivity index (χ0v) is 28.2. The van der Waals surface area contributed by atoms with Gasteiger partial charge in [-0.1, -0.05) is 179 Å². The molecule has 3 nitrogen and oxygen atoms in total. The summed E-state index contributed by atoms with van der Waals surface area (Å²) in [6.45, 7) is 6.21. The molecule has 1 atom stereocenters. The molecule has 0 bridgehead atoms. The molecule has 0 spiro atoms. The predicted octanol–water partition coefficient (Wildman–Crippen LogP) is 12.5. The first-order chi connectivity index (χ1) is 19.0. The van der Waals surface area contributed by atoms with E-state index in [1.54, 1.807) is 6.92 Å². The molecule has 0 aliphatic carbocycles. The molecule has 0 heterocycles. The summed E-state index contributed by atoms with van der Waals surface area (Å²) in [5, 5.41) is 9.86. The third kappa shape index (κ3) is 28.0. The smallest absolute Gasteiger partial charge is 0.172 e. The second-order valence-electron chi connectivity index (χ2n) is 11.8. The Kier molecular flexibility index (Phi) is 31.1. The van der Waals surface area contributed by atoms with Crippen LogP contribution >= 0.6 is 18.5 Å². The number of aliphatic hydroxyl groups excluding tert-OH is 1. The van der Waals surface area contributed by atoms with Crippen molar-refractivity contribution in [2.45, 2.75) is 206 Å². The molecule has 5 heteroatoms. The van der Waals surface area contributed by atoms with Gasteiger partial charge in [-0.05, 0) is 19.8 Å². The number of unbranched alkanes of at least 4 members (excludes halogenated alkanes) is 24. The summed E-state index contributed by atoms with van der Waals surface area (Å²) in [6.07, 6.45) is 34.5. The van der Waals surface area contributed by atoms with Crippen molar-refractivity contribution in [3.05, 3.63) is 0 Å². The molecule has 0 aromatic carbocycles. The summed E-state index contributed by atoms with van der Waals surface area (Å²) in [4.78, 5) is 25.7. The molecule has 0 rings (SSSR count). The van der Waals surface area contributed by atoms with Gasteiger partial charge in [-0.2, -0.15) is 0 Å². The average Bonchev–Trinajstić information content (AvgIpc) is 2.92. The quantitative estimate of drug-likeness (QED) is 0.0484. The first-order valence-electron chi connectivity index (χ1n) is 17.2. The van der Waals surface area contributed by atoms with Crippen LogP contribution in [0, 0.1) is 0 Å². The molecule has 0 aromatic heterocycles. The molecule has 39 heavy (non-hydrogen) atoms. The minimum Gasteiger partial charge on any atom is -0.382 e. The highest BCUT2D eigenvalue weighted by atomic mass is 32.7. The van der Waals surface area contributed by atoms with Crippen LogP contribution < -0.4 is 0 Å². The zero-order valence-electron chi connectivity index (χ0n) is 26.5. The summed E-state index contributed by atoms with van der Waals surface area (Å²) in [5.74, 6) is 0. The lowest BCUT2D eigenvalue weighted by atomic mass is 10.0. The highest BCUT2D eigenvalue weighted by Crippen LogP contribution is 2.55. The van der Waals surface area contributed by atoms with Gasteiger partial charge in [0.2, 0.25) is 0 Å². The molecule has 0 saturated carbocycles. The van der Waals surface area contributed by atoms with Gasteiger partial charge in [-0.15, -0.1) is 0 Å². The van der Waals surface area contributed by atoms with E-state index >= 15 is 0 Å². The van der Waals surface area contributed by atoms with Crippen molar-refractivity contribution in [3.8, 4) is 0 Å². The molecule has 1 unspecified atom stereocenters. The lowest BCUT2D eigenvalue weighted by Gasteiger charge is -2.16. The van der Waals surface area contributed by atoms with Crippen LogP contribution in [-0.4, -0.2) is 21.6 Å². The van der Waals surface area contributed by atoms with Gasteiger partial charge < -0.3 is 5.11 Å². The van der Waals surface area contributed by atoms with Crippen molar-refractivity contribution >= 4 is 29.6 Å². The summed E-state index contributed by atoms with van der Waals surface area (Å²) < 4.78 is 0. The Hall–Kier alpha value is 0.0800. The molecule has 0 saturated heterocycles. The van der Waals surface area contributed by atoms with Crippen LogP contribution in [0.15, 0.2) is 0 Å². The second kappa shape index (κ2) is 31.0. The lowest BCUT2D eigenvalue weighted by Crippen LogP contribution is -2.06. The third-order valence-electron chi connectivity index (χ3n) is 7.70. The van der Waals surface area contributed by atoms with E-state index in [1.165, 1.54) is 153 Å². The minimum atomic E-state index is -1.41. The van der Waals surface area contributed by atoms with Gasteiger partial charge >= 0.3 is 0 Å². The van der Waals surface area contributed by atoms with E-state index < -0.39 is 12.6 Å². The Morgan fingerprint density at radius 1 is 0.487 bits per heavy atom. The first kappa shape index (κ1) is 39.1. The maximum absolute atomic E-state index is 12.8. The fourth-order valence-electron chi connectivity index (χ4n) is 5.20. The Morgan fingerprint density at radius 3 is 0.949 bits per heavy atom. The van der Waals surface area contributed by atoms with Crippen molar-refractivity contribution in [1.82, 2.24) is 0 Å². The van der Waals surface area contributed by atoms with Gasteiger partial charge in [-0.25, -0.2) is 0 Å². The monoisotopic (exact) mass is 586 g/mol. The van der Waals surface area contributed by atoms with Crippen molar-refractivity contribution < 1.29 is 14.7 Å². The van der Waals surface area contributed by atoms with Crippen LogP contribution in [0.4, 0.5) is 0 Å². The average molecular weight is 587 g/mol. The summed E-state index contributed by atoms with van der Waals surface area (Å²) in [7, 11) is -1.41. The number of aliphatic hydroxyl groups is 1. The molecule has 0 aliphatic rings. The number of hydrogen-bond donors (Lipinski definition) is 1. The van der Waals surface area contributed by atoms with Gasteiger partial charge in [0.05, 0.1) is 7.12 Å². The SMILES string of the molecule is CCCCCCCCCCCCCCCC(=O)P(SC(C)O)C(=O)CCCCCCCCCCCCCCC. The predicted molar refractivity (Wildman–Crippen MR) is 177 cm³/mol. The topological polar surface area (TPSA) is 54.4 Å². The molecule has 0 radical (unpaired) electrons. The Balaban J connectivity index is 3.81. The van der Waals surface area contributed by atoms with E-state index in [0.29, 0.717) is 12.8 Å². The highest BCUT2D eigenvalue weighted by Gasteiger charge is 2.27. The fourth-order valence-corrected chi connectivity index (χ4v) is 8.91. The van der Waals surface area contributed by atoms with Gasteiger partial charge in [0.15, 0.2) is 11.0 Å². The minimum absolute atomic E-state index is 0.0960. The van der Waals surface area contributed by atoms with Crippen molar-refractivity contribution in [2.24, 2.45) is 0 Å². The number of hydrogen-bond acceptors (Lipinski definition) is 4. The highest BCUT2D eigenvalue weighted by molar-refractivity contribution is 8.65. The van der Waals surface area contributed by atoms with Crippen LogP contribution in [-0.2, 0) is 9.59 Å².